The molecule has 0 amide bonds. The van der Waals surface area contributed by atoms with Gasteiger partial charge in [-0.1, -0.05) is 12.1 Å². The van der Waals surface area contributed by atoms with Crippen LogP contribution in [-0.4, -0.2) is 9.97 Å². The Morgan fingerprint density at radius 2 is 1.90 bits per heavy atom. The van der Waals surface area contributed by atoms with Gasteiger partial charge in [0.15, 0.2) is 0 Å². The third kappa shape index (κ3) is 1.62. The molecule has 0 bridgehead atoms. The molecule has 4 heteroatoms. The molecule has 3 heterocycles. The van der Waals surface area contributed by atoms with Crippen molar-refractivity contribution in [2.45, 2.75) is 0 Å². The minimum absolute atomic E-state index is 0.617. The number of nitrogens with two attached hydrogens (primary N) is 1. The van der Waals surface area contributed by atoms with E-state index in [0.29, 0.717) is 5.69 Å². The second-order valence-electron chi connectivity index (χ2n) is 4.68. The molecule has 0 saturated heterocycles. The van der Waals surface area contributed by atoms with Crippen molar-refractivity contribution in [2.24, 2.45) is 0 Å². The summed E-state index contributed by atoms with van der Waals surface area (Å²) >= 11 is 0. The van der Waals surface area contributed by atoms with Crippen LogP contribution in [-0.2, 0) is 0 Å². The van der Waals surface area contributed by atoms with Gasteiger partial charge >= 0.3 is 0 Å². The van der Waals surface area contributed by atoms with Gasteiger partial charge in [0.2, 0.25) is 0 Å². The summed E-state index contributed by atoms with van der Waals surface area (Å²) < 4.78 is 5.99. The van der Waals surface area contributed by atoms with Crippen LogP contribution in [0.1, 0.15) is 0 Å². The number of hydrogen-bond donors (Lipinski definition) is 1. The van der Waals surface area contributed by atoms with Crippen LogP contribution in [0.3, 0.4) is 0 Å². The number of benzene rings is 1. The first-order chi connectivity index (χ1) is 9.81. The fraction of sp³-hybridized carbons (Fsp3) is 0. The number of para-hydroxylation sites is 1. The summed E-state index contributed by atoms with van der Waals surface area (Å²) in [7, 11) is 0. The SMILES string of the molecule is Nc1cncc(-c2cc3cnc4ccccc4c3o2)c1. The minimum atomic E-state index is 0.617. The zero-order valence-electron chi connectivity index (χ0n) is 10.6. The van der Waals surface area contributed by atoms with Gasteiger partial charge in [-0.15, -0.1) is 0 Å². The van der Waals surface area contributed by atoms with Crippen LogP contribution in [0.2, 0.25) is 0 Å². The lowest BCUT2D eigenvalue weighted by atomic mass is 10.1. The Morgan fingerprint density at radius 1 is 1.00 bits per heavy atom. The zero-order valence-corrected chi connectivity index (χ0v) is 10.6. The lowest BCUT2D eigenvalue weighted by Crippen LogP contribution is -1.86. The molecule has 2 N–H and O–H groups in total. The van der Waals surface area contributed by atoms with Crippen molar-refractivity contribution in [1.82, 2.24) is 9.97 Å². The van der Waals surface area contributed by atoms with E-state index >= 15 is 0 Å². The Bertz CT molecular complexity index is 927. The van der Waals surface area contributed by atoms with E-state index in [9.17, 15) is 0 Å². The lowest BCUT2D eigenvalue weighted by Gasteiger charge is -1.98. The number of furan rings is 1. The number of nitrogens with zero attached hydrogens (tertiary/aromatic N) is 2. The number of pyridine rings is 2. The van der Waals surface area contributed by atoms with Crippen LogP contribution >= 0.6 is 0 Å². The molecule has 4 rings (SSSR count). The quantitative estimate of drug-likeness (QED) is 0.568. The van der Waals surface area contributed by atoms with Crippen molar-refractivity contribution in [3.8, 4) is 11.3 Å². The van der Waals surface area contributed by atoms with Crippen molar-refractivity contribution in [3.63, 3.8) is 0 Å². The van der Waals surface area contributed by atoms with Crippen LogP contribution in [0.25, 0.3) is 33.2 Å². The fourth-order valence-corrected chi connectivity index (χ4v) is 2.36. The summed E-state index contributed by atoms with van der Waals surface area (Å²) in [6.07, 6.45) is 5.18. The van der Waals surface area contributed by atoms with Gasteiger partial charge in [0.05, 0.1) is 11.2 Å². The van der Waals surface area contributed by atoms with E-state index in [1.165, 1.54) is 0 Å². The lowest BCUT2D eigenvalue weighted by molar-refractivity contribution is 0.634. The molecule has 0 spiro atoms. The number of anilines is 1. The molecule has 0 atom stereocenters. The molecular weight excluding hydrogens is 250 g/mol. The van der Waals surface area contributed by atoms with Crippen LogP contribution < -0.4 is 5.73 Å². The molecule has 20 heavy (non-hydrogen) atoms. The van der Waals surface area contributed by atoms with Gasteiger partial charge in [0.1, 0.15) is 11.3 Å². The number of rotatable bonds is 1. The number of aromatic nitrogens is 2. The summed E-state index contributed by atoms with van der Waals surface area (Å²) in [4.78, 5) is 8.53. The smallest absolute Gasteiger partial charge is 0.145 e. The number of hydrogen-bond acceptors (Lipinski definition) is 4. The topological polar surface area (TPSA) is 64.9 Å². The second-order valence-corrected chi connectivity index (χ2v) is 4.68. The van der Waals surface area contributed by atoms with Crippen molar-refractivity contribution < 1.29 is 4.42 Å². The average Bonchev–Trinajstić information content (AvgIpc) is 2.92. The van der Waals surface area contributed by atoms with Gasteiger partial charge in [-0.3, -0.25) is 9.97 Å². The van der Waals surface area contributed by atoms with Gasteiger partial charge in [-0.25, -0.2) is 0 Å². The molecule has 4 aromatic rings. The van der Waals surface area contributed by atoms with Gasteiger partial charge in [-0.2, -0.15) is 0 Å². The Morgan fingerprint density at radius 3 is 2.80 bits per heavy atom. The Balaban J connectivity index is 2.01. The highest BCUT2D eigenvalue weighted by Crippen LogP contribution is 2.31. The normalized spacial score (nSPS) is 11.2. The molecule has 0 unspecified atom stereocenters. The first kappa shape index (κ1) is 11.0. The van der Waals surface area contributed by atoms with E-state index < -0.39 is 0 Å². The maximum Gasteiger partial charge on any atom is 0.145 e. The van der Waals surface area contributed by atoms with Gasteiger partial charge < -0.3 is 10.2 Å². The maximum atomic E-state index is 5.99. The summed E-state index contributed by atoms with van der Waals surface area (Å²) in [5, 5.41) is 1.98. The molecular formula is C16H11N3O. The highest BCUT2D eigenvalue weighted by molar-refractivity contribution is 6.03. The van der Waals surface area contributed by atoms with Crippen LogP contribution in [0.15, 0.2) is 59.4 Å². The molecule has 0 saturated carbocycles. The van der Waals surface area contributed by atoms with Gasteiger partial charge in [0.25, 0.3) is 0 Å². The number of nitrogen functional groups attached to an aromatic ring is 1. The molecule has 96 valence electrons. The van der Waals surface area contributed by atoms with E-state index in [4.69, 9.17) is 10.2 Å². The van der Waals surface area contributed by atoms with Crippen molar-refractivity contribution in [3.05, 3.63) is 55.0 Å². The van der Waals surface area contributed by atoms with E-state index in [1.807, 2.05) is 42.6 Å². The monoisotopic (exact) mass is 261 g/mol. The molecule has 3 aromatic heterocycles. The first-order valence-electron chi connectivity index (χ1n) is 6.29. The van der Waals surface area contributed by atoms with E-state index in [0.717, 1.165) is 33.2 Å². The Kier molecular flexibility index (Phi) is 2.23. The molecule has 1 aromatic carbocycles. The molecule has 4 nitrogen and oxygen atoms in total. The third-order valence-electron chi connectivity index (χ3n) is 3.30. The van der Waals surface area contributed by atoms with Gasteiger partial charge in [0, 0.05) is 34.9 Å². The summed E-state index contributed by atoms with van der Waals surface area (Å²) in [6.45, 7) is 0. The summed E-state index contributed by atoms with van der Waals surface area (Å²) in [5.41, 5.74) is 9.01. The van der Waals surface area contributed by atoms with E-state index in [1.54, 1.807) is 12.4 Å². The zero-order chi connectivity index (χ0) is 13.5. The fourth-order valence-electron chi connectivity index (χ4n) is 2.36. The molecule has 0 aliphatic heterocycles. The van der Waals surface area contributed by atoms with Crippen LogP contribution in [0, 0.1) is 0 Å². The molecule has 0 aliphatic rings. The average molecular weight is 261 g/mol. The highest BCUT2D eigenvalue weighted by Gasteiger charge is 2.10. The number of fused-ring (bicyclic) bond motifs is 3. The maximum absolute atomic E-state index is 5.99. The van der Waals surface area contributed by atoms with Crippen LogP contribution in [0.4, 0.5) is 5.69 Å². The van der Waals surface area contributed by atoms with E-state index in [2.05, 4.69) is 9.97 Å². The predicted molar refractivity (Wildman–Crippen MR) is 79.2 cm³/mol. The summed E-state index contributed by atoms with van der Waals surface area (Å²) in [5.74, 6) is 0.748. The standard InChI is InChI=1S/C16H11N3O/c17-12-5-10(7-18-9-12)15-6-11-8-19-14-4-2-1-3-13(14)16(11)20-15/h1-9H,17H2. The minimum Gasteiger partial charge on any atom is -0.455 e. The van der Waals surface area contributed by atoms with Crippen molar-refractivity contribution in [1.29, 1.82) is 0 Å². The first-order valence-corrected chi connectivity index (χ1v) is 6.29. The summed E-state index contributed by atoms with van der Waals surface area (Å²) in [6, 6.07) is 11.7. The Labute approximate surface area is 114 Å². The van der Waals surface area contributed by atoms with Gasteiger partial charge in [-0.05, 0) is 24.3 Å². The third-order valence-corrected chi connectivity index (χ3v) is 3.30. The predicted octanol–water partition coefficient (Wildman–Crippen LogP) is 3.63. The van der Waals surface area contributed by atoms with Crippen LogP contribution in [0.5, 0.6) is 0 Å². The molecule has 0 aliphatic carbocycles. The second kappa shape index (κ2) is 4.06. The molecule has 0 fully saturated rings. The van der Waals surface area contributed by atoms with Crippen molar-refractivity contribution >= 4 is 27.6 Å². The highest BCUT2D eigenvalue weighted by atomic mass is 16.3. The van der Waals surface area contributed by atoms with E-state index in [-0.39, 0.29) is 0 Å². The van der Waals surface area contributed by atoms with Crippen molar-refractivity contribution in [2.75, 3.05) is 5.73 Å². The largest absolute Gasteiger partial charge is 0.455 e. The molecule has 0 radical (unpaired) electrons. The Hall–Kier alpha value is -2.88.